The molecule has 2 rings (SSSR count). The molecule has 0 saturated heterocycles. The minimum atomic E-state index is 0.269. The Kier molecular flexibility index (Phi) is 5.42. The van der Waals surface area contributed by atoms with Crippen LogP contribution in [0.15, 0.2) is 44.0 Å². The van der Waals surface area contributed by atoms with Crippen LogP contribution in [0.25, 0.3) is 0 Å². The van der Waals surface area contributed by atoms with Crippen LogP contribution in [-0.2, 0) is 0 Å². The Morgan fingerprint density at radius 2 is 1.89 bits per heavy atom. The van der Waals surface area contributed by atoms with Crippen LogP contribution in [0.5, 0.6) is 0 Å². The highest BCUT2D eigenvalue weighted by Crippen LogP contribution is 2.29. The molecule has 0 amide bonds. The average molecular weight is 389 g/mol. The van der Waals surface area contributed by atoms with E-state index in [0.717, 1.165) is 21.9 Å². The van der Waals surface area contributed by atoms with Gasteiger partial charge in [-0.05, 0) is 59.1 Å². The van der Waals surface area contributed by atoms with Crippen molar-refractivity contribution < 1.29 is 0 Å². The second-order valence-corrected chi connectivity index (χ2v) is 6.76. The maximum atomic E-state index is 3.61. The van der Waals surface area contributed by atoms with Crippen molar-refractivity contribution in [3.63, 3.8) is 0 Å². The van der Waals surface area contributed by atoms with Gasteiger partial charge in [0.1, 0.15) is 0 Å². The molecule has 96 valence electrons. The highest BCUT2D eigenvalue weighted by molar-refractivity contribution is 9.11. The second kappa shape index (κ2) is 6.85. The van der Waals surface area contributed by atoms with Crippen LogP contribution in [0.4, 0.5) is 0 Å². The van der Waals surface area contributed by atoms with Crippen LogP contribution < -0.4 is 5.32 Å². The van der Waals surface area contributed by atoms with E-state index in [4.69, 9.17) is 0 Å². The molecule has 0 radical (unpaired) electrons. The normalized spacial score (nSPS) is 12.6. The van der Waals surface area contributed by atoms with Gasteiger partial charge in [0.25, 0.3) is 0 Å². The Morgan fingerprint density at radius 1 is 1.17 bits per heavy atom. The first-order chi connectivity index (χ1) is 8.70. The van der Waals surface area contributed by atoms with E-state index < -0.39 is 0 Å². The zero-order chi connectivity index (χ0) is 13.0. The van der Waals surface area contributed by atoms with Gasteiger partial charge in [-0.25, -0.2) is 0 Å². The highest BCUT2D eigenvalue weighted by atomic mass is 79.9. The van der Waals surface area contributed by atoms with Crippen molar-refractivity contribution in [2.75, 3.05) is 6.54 Å². The Balaban J connectivity index is 2.33. The summed E-state index contributed by atoms with van der Waals surface area (Å²) in [5.41, 5.74) is 2.61. The van der Waals surface area contributed by atoms with Gasteiger partial charge in [-0.1, -0.05) is 38.8 Å². The topological polar surface area (TPSA) is 12.0 Å². The Morgan fingerprint density at radius 3 is 2.44 bits per heavy atom. The molecule has 4 heteroatoms. The lowest BCUT2D eigenvalue weighted by Crippen LogP contribution is -2.22. The Labute approximate surface area is 129 Å². The third-order valence-corrected chi connectivity index (χ3v) is 4.31. The number of hydrogen-bond acceptors (Lipinski definition) is 2. The number of rotatable bonds is 5. The minimum absolute atomic E-state index is 0.269. The first-order valence-electron chi connectivity index (χ1n) is 5.92. The molecule has 1 aromatic carbocycles. The molecule has 1 atom stereocenters. The average Bonchev–Trinajstić information content (AvgIpc) is 2.82. The smallest absolute Gasteiger partial charge is 0.0585 e. The molecular formula is C14H15Br2NS. The number of thiophene rings is 1. The molecule has 1 N–H and O–H groups in total. The summed E-state index contributed by atoms with van der Waals surface area (Å²) in [6, 6.07) is 8.87. The fourth-order valence-corrected chi connectivity index (χ4v) is 3.91. The van der Waals surface area contributed by atoms with E-state index in [1.807, 2.05) is 0 Å². The molecule has 0 fully saturated rings. The van der Waals surface area contributed by atoms with E-state index in [9.17, 15) is 0 Å². The highest BCUT2D eigenvalue weighted by Gasteiger charge is 2.14. The number of benzene rings is 1. The quantitative estimate of drug-likeness (QED) is 0.726. The van der Waals surface area contributed by atoms with Crippen LogP contribution in [0.1, 0.15) is 30.5 Å². The largest absolute Gasteiger partial charge is 0.306 e. The van der Waals surface area contributed by atoms with Crippen LogP contribution in [-0.4, -0.2) is 6.54 Å². The van der Waals surface area contributed by atoms with E-state index in [0.29, 0.717) is 0 Å². The van der Waals surface area contributed by atoms with Crippen LogP contribution in [0.3, 0.4) is 0 Å². The van der Waals surface area contributed by atoms with E-state index in [2.05, 4.69) is 79.1 Å². The summed E-state index contributed by atoms with van der Waals surface area (Å²) in [7, 11) is 0. The van der Waals surface area contributed by atoms with Crippen LogP contribution >= 0.6 is 43.2 Å². The third-order valence-electron chi connectivity index (χ3n) is 2.69. The summed E-state index contributed by atoms with van der Waals surface area (Å²) in [5.74, 6) is 0. The van der Waals surface area contributed by atoms with Gasteiger partial charge in [0.05, 0.1) is 6.04 Å². The van der Waals surface area contributed by atoms with Crippen LogP contribution in [0, 0.1) is 0 Å². The third kappa shape index (κ3) is 3.67. The summed E-state index contributed by atoms with van der Waals surface area (Å²) >= 11 is 8.86. The molecule has 1 unspecified atom stereocenters. The molecule has 0 spiro atoms. The van der Waals surface area contributed by atoms with Gasteiger partial charge in [-0.15, -0.1) is 0 Å². The number of nitrogens with one attached hydrogen (secondary N) is 1. The fraction of sp³-hybridized carbons (Fsp3) is 0.286. The first-order valence-corrected chi connectivity index (χ1v) is 8.45. The van der Waals surface area contributed by atoms with Gasteiger partial charge < -0.3 is 5.32 Å². The van der Waals surface area contributed by atoms with Gasteiger partial charge in [-0.3, -0.25) is 0 Å². The van der Waals surface area contributed by atoms with Gasteiger partial charge in [0, 0.05) is 8.95 Å². The molecular weight excluding hydrogens is 374 g/mol. The molecule has 1 aromatic heterocycles. The van der Waals surface area contributed by atoms with Gasteiger partial charge in [0.2, 0.25) is 0 Å². The maximum Gasteiger partial charge on any atom is 0.0585 e. The molecule has 0 aliphatic carbocycles. The van der Waals surface area contributed by atoms with Crippen molar-refractivity contribution in [1.29, 1.82) is 0 Å². The number of hydrogen-bond donors (Lipinski definition) is 1. The first kappa shape index (κ1) is 14.3. The zero-order valence-electron chi connectivity index (χ0n) is 10.1. The lowest BCUT2D eigenvalue weighted by atomic mass is 10.0. The number of halogens is 2. The lowest BCUT2D eigenvalue weighted by Gasteiger charge is -2.19. The minimum Gasteiger partial charge on any atom is -0.306 e. The Hall–Kier alpha value is -0.160. The molecule has 18 heavy (non-hydrogen) atoms. The van der Waals surface area contributed by atoms with Crippen LogP contribution in [0.2, 0.25) is 0 Å². The molecule has 0 saturated carbocycles. The molecule has 1 heterocycles. The van der Waals surface area contributed by atoms with Crippen molar-refractivity contribution in [3.05, 3.63) is 55.1 Å². The summed E-state index contributed by atoms with van der Waals surface area (Å²) < 4.78 is 2.20. The molecule has 0 bridgehead atoms. The Bertz CT molecular complexity index is 476. The summed E-state index contributed by atoms with van der Waals surface area (Å²) in [6.07, 6.45) is 1.13. The molecule has 0 aliphatic heterocycles. The van der Waals surface area contributed by atoms with Gasteiger partial charge >= 0.3 is 0 Å². The molecule has 1 nitrogen and oxygen atoms in total. The molecule has 0 aliphatic rings. The van der Waals surface area contributed by atoms with Gasteiger partial charge in [-0.2, -0.15) is 11.3 Å². The van der Waals surface area contributed by atoms with E-state index >= 15 is 0 Å². The monoisotopic (exact) mass is 387 g/mol. The summed E-state index contributed by atoms with van der Waals surface area (Å²) in [6.45, 7) is 3.21. The predicted octanol–water partition coefficient (Wildman–Crippen LogP) is 5.36. The zero-order valence-corrected chi connectivity index (χ0v) is 14.1. The van der Waals surface area contributed by atoms with Crippen molar-refractivity contribution in [1.82, 2.24) is 5.32 Å². The predicted molar refractivity (Wildman–Crippen MR) is 86.3 cm³/mol. The maximum absolute atomic E-state index is 3.61. The second-order valence-electron chi connectivity index (χ2n) is 4.15. The lowest BCUT2D eigenvalue weighted by molar-refractivity contribution is 0.599. The van der Waals surface area contributed by atoms with E-state index in [1.54, 1.807) is 11.3 Å². The van der Waals surface area contributed by atoms with Crippen molar-refractivity contribution in [2.24, 2.45) is 0 Å². The van der Waals surface area contributed by atoms with Crippen molar-refractivity contribution in [2.45, 2.75) is 19.4 Å². The van der Waals surface area contributed by atoms with E-state index in [-0.39, 0.29) is 6.04 Å². The van der Waals surface area contributed by atoms with Crippen molar-refractivity contribution >= 4 is 43.2 Å². The summed E-state index contributed by atoms with van der Waals surface area (Å²) in [5, 5.41) is 7.95. The van der Waals surface area contributed by atoms with Crippen molar-refractivity contribution in [3.8, 4) is 0 Å². The summed E-state index contributed by atoms with van der Waals surface area (Å²) in [4.78, 5) is 0. The standard InChI is InChI=1S/C14H15Br2NS/c1-2-4-17-14(10-3-5-18-9-10)11-6-12(15)8-13(16)7-11/h3,5-9,14,17H,2,4H2,1H3. The molecule has 2 aromatic rings. The van der Waals surface area contributed by atoms with E-state index in [1.165, 1.54) is 11.1 Å². The fourth-order valence-electron chi connectivity index (χ4n) is 1.90. The SMILES string of the molecule is CCCNC(c1ccsc1)c1cc(Br)cc(Br)c1. The van der Waals surface area contributed by atoms with Gasteiger partial charge in [0.15, 0.2) is 0 Å².